The van der Waals surface area contributed by atoms with E-state index in [0.717, 1.165) is 44.5 Å². The number of piperazine rings is 1. The Balaban J connectivity index is 0.00000225. The fourth-order valence-electron chi connectivity index (χ4n) is 2.99. The maximum Gasteiger partial charge on any atom is 0.194 e. The molecule has 0 saturated carbocycles. The molecule has 25 heavy (non-hydrogen) atoms. The summed E-state index contributed by atoms with van der Waals surface area (Å²) in [5.74, 6) is 1.86. The van der Waals surface area contributed by atoms with Gasteiger partial charge in [0, 0.05) is 45.5 Å². The lowest BCUT2D eigenvalue weighted by Gasteiger charge is -2.37. The van der Waals surface area contributed by atoms with Crippen LogP contribution in [-0.4, -0.2) is 58.9 Å². The van der Waals surface area contributed by atoms with Gasteiger partial charge in [-0.15, -0.1) is 34.2 Å². The van der Waals surface area contributed by atoms with Crippen LogP contribution in [0, 0.1) is 0 Å². The molecule has 0 amide bonds. The van der Waals surface area contributed by atoms with Crippen LogP contribution in [0.2, 0.25) is 0 Å². The number of para-hydroxylation sites is 1. The molecular formula is C17H26IN7. The third-order valence-corrected chi connectivity index (χ3v) is 4.35. The minimum atomic E-state index is 0. The minimum Gasteiger partial charge on any atom is -0.368 e. The standard InChI is InChI=1S/C17H25N7.HI/c1-3-22-14-20-21-16(22)13-19-17(18-2)24-11-9-23(10-12-24)15-7-5-4-6-8-15;/h4-8,14H,3,9-13H2,1-2H3,(H,18,19);1H. The van der Waals surface area contributed by atoms with Gasteiger partial charge in [-0.1, -0.05) is 18.2 Å². The molecule has 0 radical (unpaired) electrons. The number of aromatic nitrogens is 3. The van der Waals surface area contributed by atoms with Crippen LogP contribution in [0.25, 0.3) is 0 Å². The van der Waals surface area contributed by atoms with E-state index >= 15 is 0 Å². The van der Waals surface area contributed by atoms with Crippen molar-refractivity contribution in [2.45, 2.75) is 20.0 Å². The molecule has 3 rings (SSSR count). The van der Waals surface area contributed by atoms with Crippen LogP contribution in [0.5, 0.6) is 0 Å². The number of nitrogens with one attached hydrogen (secondary N) is 1. The van der Waals surface area contributed by atoms with Gasteiger partial charge in [-0.2, -0.15) is 0 Å². The Bertz CT molecular complexity index is 663. The van der Waals surface area contributed by atoms with Crippen LogP contribution in [0.3, 0.4) is 0 Å². The van der Waals surface area contributed by atoms with Crippen LogP contribution < -0.4 is 10.2 Å². The predicted octanol–water partition coefficient (Wildman–Crippen LogP) is 1.81. The molecule has 0 bridgehead atoms. The first kappa shape index (κ1) is 19.5. The largest absolute Gasteiger partial charge is 0.368 e. The van der Waals surface area contributed by atoms with Gasteiger partial charge in [-0.3, -0.25) is 4.99 Å². The van der Waals surface area contributed by atoms with Crippen molar-refractivity contribution in [2.75, 3.05) is 38.1 Å². The maximum atomic E-state index is 4.42. The Morgan fingerprint density at radius 2 is 1.88 bits per heavy atom. The van der Waals surface area contributed by atoms with E-state index in [9.17, 15) is 0 Å². The number of halogens is 1. The summed E-state index contributed by atoms with van der Waals surface area (Å²) in [6.45, 7) is 7.50. The summed E-state index contributed by atoms with van der Waals surface area (Å²) in [6.07, 6.45) is 1.76. The Labute approximate surface area is 166 Å². The van der Waals surface area contributed by atoms with Gasteiger partial charge in [0.15, 0.2) is 11.8 Å². The van der Waals surface area contributed by atoms with Crippen molar-refractivity contribution in [3.8, 4) is 0 Å². The first-order valence-corrected chi connectivity index (χ1v) is 8.44. The zero-order valence-corrected chi connectivity index (χ0v) is 17.1. The number of hydrogen-bond donors (Lipinski definition) is 1. The molecule has 0 atom stereocenters. The summed E-state index contributed by atoms with van der Waals surface area (Å²) < 4.78 is 2.04. The second-order valence-electron chi connectivity index (χ2n) is 5.74. The summed E-state index contributed by atoms with van der Waals surface area (Å²) in [7, 11) is 1.83. The first-order chi connectivity index (χ1) is 11.8. The topological polar surface area (TPSA) is 61.6 Å². The van der Waals surface area contributed by atoms with Gasteiger partial charge in [0.2, 0.25) is 0 Å². The molecule has 2 heterocycles. The molecule has 7 nitrogen and oxygen atoms in total. The highest BCUT2D eigenvalue weighted by Crippen LogP contribution is 2.15. The summed E-state index contributed by atoms with van der Waals surface area (Å²) >= 11 is 0. The monoisotopic (exact) mass is 455 g/mol. The minimum absolute atomic E-state index is 0. The van der Waals surface area contributed by atoms with E-state index in [1.165, 1.54) is 5.69 Å². The van der Waals surface area contributed by atoms with Crippen molar-refractivity contribution in [2.24, 2.45) is 4.99 Å². The Morgan fingerprint density at radius 1 is 1.16 bits per heavy atom. The second kappa shape index (κ2) is 9.59. The number of anilines is 1. The number of nitrogens with zero attached hydrogens (tertiary/aromatic N) is 6. The van der Waals surface area contributed by atoms with Crippen LogP contribution in [0.15, 0.2) is 41.7 Å². The molecule has 1 aliphatic rings. The number of benzene rings is 1. The van der Waals surface area contributed by atoms with Crippen molar-refractivity contribution >= 4 is 35.6 Å². The van der Waals surface area contributed by atoms with Crippen molar-refractivity contribution in [1.29, 1.82) is 0 Å². The van der Waals surface area contributed by atoms with Crippen LogP contribution in [0.1, 0.15) is 12.7 Å². The highest BCUT2D eigenvalue weighted by molar-refractivity contribution is 14.0. The smallest absolute Gasteiger partial charge is 0.194 e. The summed E-state index contributed by atoms with van der Waals surface area (Å²) in [4.78, 5) is 9.13. The molecule has 2 aromatic rings. The molecule has 1 aromatic heterocycles. The molecule has 0 aliphatic carbocycles. The fourth-order valence-corrected chi connectivity index (χ4v) is 2.99. The zero-order valence-electron chi connectivity index (χ0n) is 14.8. The summed E-state index contributed by atoms with van der Waals surface area (Å²) in [5.41, 5.74) is 1.29. The van der Waals surface area contributed by atoms with E-state index in [0.29, 0.717) is 6.54 Å². The highest BCUT2D eigenvalue weighted by Gasteiger charge is 2.20. The average molecular weight is 455 g/mol. The van der Waals surface area contributed by atoms with E-state index in [4.69, 9.17) is 0 Å². The van der Waals surface area contributed by atoms with Crippen molar-refractivity contribution in [3.05, 3.63) is 42.5 Å². The summed E-state index contributed by atoms with van der Waals surface area (Å²) in [5, 5.41) is 11.5. The van der Waals surface area contributed by atoms with Crippen molar-refractivity contribution in [1.82, 2.24) is 25.0 Å². The molecule has 1 saturated heterocycles. The Morgan fingerprint density at radius 3 is 2.52 bits per heavy atom. The molecule has 1 fully saturated rings. The third-order valence-electron chi connectivity index (χ3n) is 4.35. The van der Waals surface area contributed by atoms with E-state index in [1.807, 2.05) is 11.6 Å². The molecule has 1 N–H and O–H groups in total. The van der Waals surface area contributed by atoms with Crippen LogP contribution in [0.4, 0.5) is 5.69 Å². The van der Waals surface area contributed by atoms with E-state index < -0.39 is 0 Å². The zero-order chi connectivity index (χ0) is 16.8. The average Bonchev–Trinajstić information content (AvgIpc) is 3.11. The quantitative estimate of drug-likeness (QED) is 0.433. The van der Waals surface area contributed by atoms with Gasteiger partial charge >= 0.3 is 0 Å². The predicted molar refractivity (Wildman–Crippen MR) is 112 cm³/mol. The van der Waals surface area contributed by atoms with Gasteiger partial charge < -0.3 is 19.7 Å². The lowest BCUT2D eigenvalue weighted by molar-refractivity contribution is 0.371. The van der Waals surface area contributed by atoms with E-state index in [2.05, 4.69) is 67.6 Å². The van der Waals surface area contributed by atoms with E-state index in [-0.39, 0.29) is 24.0 Å². The highest BCUT2D eigenvalue weighted by atomic mass is 127. The maximum absolute atomic E-state index is 4.42. The Kier molecular flexibility index (Phi) is 7.48. The number of guanidine groups is 1. The number of rotatable bonds is 4. The normalized spacial score (nSPS) is 15.0. The van der Waals surface area contributed by atoms with Crippen molar-refractivity contribution < 1.29 is 0 Å². The lowest BCUT2D eigenvalue weighted by Crippen LogP contribution is -2.52. The third kappa shape index (κ3) is 4.83. The number of aliphatic imine (C=N–C) groups is 1. The summed E-state index contributed by atoms with van der Waals surface area (Å²) in [6, 6.07) is 10.6. The fraction of sp³-hybridized carbons (Fsp3) is 0.471. The van der Waals surface area contributed by atoms with Gasteiger partial charge in [0.25, 0.3) is 0 Å². The number of hydrogen-bond acceptors (Lipinski definition) is 4. The molecule has 1 aromatic carbocycles. The van der Waals surface area contributed by atoms with E-state index in [1.54, 1.807) is 6.33 Å². The second-order valence-corrected chi connectivity index (χ2v) is 5.74. The molecular weight excluding hydrogens is 429 g/mol. The number of aryl methyl sites for hydroxylation is 1. The SMILES string of the molecule is CCn1cnnc1CNC(=NC)N1CCN(c2ccccc2)CC1.I. The van der Waals surface area contributed by atoms with Crippen molar-refractivity contribution in [3.63, 3.8) is 0 Å². The van der Waals surface area contributed by atoms with Crippen LogP contribution in [-0.2, 0) is 13.1 Å². The van der Waals surface area contributed by atoms with Crippen LogP contribution >= 0.6 is 24.0 Å². The molecule has 0 spiro atoms. The van der Waals surface area contributed by atoms with Gasteiger partial charge in [-0.05, 0) is 19.1 Å². The first-order valence-electron chi connectivity index (χ1n) is 8.44. The van der Waals surface area contributed by atoms with Gasteiger partial charge in [-0.25, -0.2) is 0 Å². The molecule has 0 unspecified atom stereocenters. The lowest BCUT2D eigenvalue weighted by atomic mass is 10.2. The van der Waals surface area contributed by atoms with Gasteiger partial charge in [0.1, 0.15) is 6.33 Å². The molecule has 8 heteroatoms. The molecule has 136 valence electrons. The molecule has 1 aliphatic heterocycles. The Hall–Kier alpha value is -1.84. The van der Waals surface area contributed by atoms with Gasteiger partial charge in [0.05, 0.1) is 6.54 Å².